The molecular weight excluding hydrogens is 442 g/mol. The van der Waals surface area contributed by atoms with Crippen molar-refractivity contribution in [3.8, 4) is 11.1 Å². The van der Waals surface area contributed by atoms with Crippen LogP contribution in [0.4, 0.5) is 4.79 Å². The van der Waals surface area contributed by atoms with Crippen LogP contribution in [0.3, 0.4) is 0 Å². The minimum atomic E-state index is -0.331. The molecule has 2 fully saturated rings. The Labute approximate surface area is 204 Å². The summed E-state index contributed by atoms with van der Waals surface area (Å²) in [6, 6.07) is 18.0. The molecule has 2 aromatic carbocycles. The van der Waals surface area contributed by atoms with Gasteiger partial charge in [0.2, 0.25) is 5.78 Å². The van der Waals surface area contributed by atoms with Gasteiger partial charge in [0, 0.05) is 23.7 Å². The maximum absolute atomic E-state index is 13.3. The molecule has 2 saturated heterocycles. The first kappa shape index (κ1) is 21.9. The van der Waals surface area contributed by atoms with Crippen LogP contribution in [0.15, 0.2) is 60.8 Å². The van der Waals surface area contributed by atoms with Crippen molar-refractivity contribution in [2.75, 3.05) is 19.8 Å². The van der Waals surface area contributed by atoms with Gasteiger partial charge in [-0.1, -0.05) is 48.5 Å². The summed E-state index contributed by atoms with van der Waals surface area (Å²) in [6.45, 7) is 2.93. The van der Waals surface area contributed by atoms with Crippen LogP contribution >= 0.6 is 0 Å². The second-order valence-corrected chi connectivity index (χ2v) is 9.61. The highest BCUT2D eigenvalue weighted by Crippen LogP contribution is 2.44. The zero-order chi connectivity index (χ0) is 23.9. The second-order valence-electron chi connectivity index (χ2n) is 9.61. The van der Waals surface area contributed by atoms with Gasteiger partial charge in [0.25, 0.3) is 0 Å². The van der Waals surface area contributed by atoms with E-state index in [1.807, 2.05) is 31.2 Å². The van der Waals surface area contributed by atoms with E-state index in [1.54, 1.807) is 17.2 Å². The molecule has 2 atom stereocenters. The van der Waals surface area contributed by atoms with Crippen molar-refractivity contribution in [2.24, 2.45) is 5.92 Å². The number of ketones is 1. The van der Waals surface area contributed by atoms with Gasteiger partial charge in [-0.25, -0.2) is 14.8 Å². The van der Waals surface area contributed by atoms with Gasteiger partial charge in [0.1, 0.15) is 6.61 Å². The summed E-state index contributed by atoms with van der Waals surface area (Å²) in [5.74, 6) is -0.0188. The maximum atomic E-state index is 13.3. The van der Waals surface area contributed by atoms with Gasteiger partial charge in [-0.15, -0.1) is 0 Å². The first-order valence-electron chi connectivity index (χ1n) is 12.1. The van der Waals surface area contributed by atoms with Crippen molar-refractivity contribution in [1.29, 1.82) is 0 Å². The number of amides is 1. The number of benzene rings is 2. The van der Waals surface area contributed by atoms with Crippen molar-refractivity contribution in [1.82, 2.24) is 14.9 Å². The van der Waals surface area contributed by atoms with Crippen molar-refractivity contribution >= 4 is 11.9 Å². The minimum absolute atomic E-state index is 0.0139. The lowest BCUT2D eigenvalue weighted by Gasteiger charge is -2.47. The molecule has 3 aliphatic rings. The molecule has 7 nitrogen and oxygen atoms in total. The lowest BCUT2D eigenvalue weighted by molar-refractivity contribution is -0.0748. The normalized spacial score (nSPS) is 22.9. The maximum Gasteiger partial charge on any atom is 0.410 e. The summed E-state index contributed by atoms with van der Waals surface area (Å²) in [5, 5.41) is 0. The number of hydrogen-bond acceptors (Lipinski definition) is 6. The number of nitrogens with zero attached hydrogens (tertiary/aromatic N) is 3. The lowest BCUT2D eigenvalue weighted by Crippen LogP contribution is -2.60. The van der Waals surface area contributed by atoms with E-state index in [0.29, 0.717) is 26.1 Å². The number of fused-ring (bicyclic) bond motifs is 5. The Balaban J connectivity index is 1.17. The van der Waals surface area contributed by atoms with Gasteiger partial charge in [-0.2, -0.15) is 0 Å². The standard InChI is InChI=1S/C28H27N3O4/c1-17-10-11-29-27(30-17)26(32)18-12-19-14-34-15-20(13-18)31(19)28(33)35-16-25-23-8-4-2-6-21(23)22-7-3-5-9-24(22)25/h2-11,18-20,25H,12-16H2,1H3. The number of morpholine rings is 1. The van der Waals surface area contributed by atoms with E-state index >= 15 is 0 Å². The number of aryl methyl sites for hydroxylation is 1. The predicted octanol–water partition coefficient (Wildman–Crippen LogP) is 4.40. The molecule has 1 amide bonds. The number of carbonyl (C=O) groups excluding carboxylic acids is 2. The fourth-order valence-corrected chi connectivity index (χ4v) is 5.85. The summed E-state index contributed by atoms with van der Waals surface area (Å²) in [6.07, 6.45) is 2.33. The molecule has 3 aromatic rings. The Morgan fingerprint density at radius 2 is 1.60 bits per heavy atom. The Bertz CT molecular complexity index is 1230. The molecule has 2 bridgehead atoms. The molecule has 1 aliphatic carbocycles. The van der Waals surface area contributed by atoms with Crippen LogP contribution in [0.25, 0.3) is 11.1 Å². The SMILES string of the molecule is Cc1ccnc(C(=O)C2CC3COCC(C2)N3C(=O)OCC2c3ccccc3-c3ccccc32)n1. The molecule has 0 saturated carbocycles. The number of piperidine rings is 1. The van der Waals surface area contributed by atoms with Gasteiger partial charge in [0.05, 0.1) is 25.3 Å². The second kappa shape index (κ2) is 8.89. The monoisotopic (exact) mass is 469 g/mol. The van der Waals surface area contributed by atoms with Crippen LogP contribution in [-0.4, -0.2) is 58.6 Å². The third kappa shape index (κ3) is 3.90. The summed E-state index contributed by atoms with van der Waals surface area (Å²) in [7, 11) is 0. The Morgan fingerprint density at radius 1 is 0.971 bits per heavy atom. The van der Waals surface area contributed by atoms with Crippen molar-refractivity contribution in [3.05, 3.63) is 83.4 Å². The molecule has 2 aliphatic heterocycles. The Kier molecular flexibility index (Phi) is 5.57. The van der Waals surface area contributed by atoms with E-state index < -0.39 is 0 Å². The van der Waals surface area contributed by atoms with Crippen LogP contribution < -0.4 is 0 Å². The number of ether oxygens (including phenoxy) is 2. The molecule has 6 rings (SSSR count). The first-order chi connectivity index (χ1) is 17.1. The van der Waals surface area contributed by atoms with E-state index in [0.717, 1.165) is 5.69 Å². The first-order valence-corrected chi connectivity index (χ1v) is 12.1. The average molecular weight is 470 g/mol. The highest BCUT2D eigenvalue weighted by molar-refractivity contribution is 5.94. The summed E-state index contributed by atoms with van der Waals surface area (Å²) >= 11 is 0. The van der Waals surface area contributed by atoms with Gasteiger partial charge < -0.3 is 9.47 Å². The van der Waals surface area contributed by atoms with Gasteiger partial charge in [0.15, 0.2) is 5.82 Å². The summed E-state index contributed by atoms with van der Waals surface area (Å²) in [4.78, 5) is 36.7. The van der Waals surface area contributed by atoms with Gasteiger partial charge in [-0.3, -0.25) is 9.69 Å². The van der Waals surface area contributed by atoms with E-state index in [-0.39, 0.29) is 48.2 Å². The van der Waals surface area contributed by atoms with Gasteiger partial charge in [-0.05, 0) is 48.1 Å². The van der Waals surface area contributed by atoms with E-state index in [2.05, 4.69) is 34.2 Å². The fourth-order valence-electron chi connectivity index (χ4n) is 5.85. The Morgan fingerprint density at radius 3 is 2.23 bits per heavy atom. The van der Waals surface area contributed by atoms with E-state index in [9.17, 15) is 9.59 Å². The fraction of sp³-hybridized carbons (Fsp3) is 0.357. The molecule has 0 N–H and O–H groups in total. The number of aromatic nitrogens is 2. The number of rotatable bonds is 4. The van der Waals surface area contributed by atoms with Gasteiger partial charge >= 0.3 is 6.09 Å². The molecule has 35 heavy (non-hydrogen) atoms. The highest BCUT2D eigenvalue weighted by Gasteiger charge is 2.45. The van der Waals surface area contributed by atoms with Crippen molar-refractivity contribution in [3.63, 3.8) is 0 Å². The van der Waals surface area contributed by atoms with Crippen LogP contribution in [-0.2, 0) is 9.47 Å². The van der Waals surface area contributed by atoms with Crippen molar-refractivity contribution in [2.45, 2.75) is 37.8 Å². The smallest absolute Gasteiger partial charge is 0.410 e. The van der Waals surface area contributed by atoms with E-state index in [4.69, 9.17) is 9.47 Å². The summed E-state index contributed by atoms with van der Waals surface area (Å²) < 4.78 is 11.7. The van der Waals surface area contributed by atoms with Crippen LogP contribution in [0.1, 0.15) is 46.2 Å². The zero-order valence-corrected chi connectivity index (χ0v) is 19.6. The van der Waals surface area contributed by atoms with Crippen LogP contribution in [0.2, 0.25) is 0 Å². The van der Waals surface area contributed by atoms with Crippen LogP contribution in [0, 0.1) is 12.8 Å². The zero-order valence-electron chi connectivity index (χ0n) is 19.6. The van der Waals surface area contributed by atoms with E-state index in [1.165, 1.54) is 22.3 Å². The molecule has 0 radical (unpaired) electrons. The third-order valence-corrected chi connectivity index (χ3v) is 7.45. The number of Topliss-reactive ketones (excluding diaryl/α,β-unsaturated/α-hetero) is 1. The topological polar surface area (TPSA) is 81.6 Å². The molecular formula is C28H27N3O4. The number of hydrogen-bond donors (Lipinski definition) is 0. The molecule has 3 heterocycles. The predicted molar refractivity (Wildman–Crippen MR) is 129 cm³/mol. The largest absolute Gasteiger partial charge is 0.448 e. The van der Waals surface area contributed by atoms with Crippen molar-refractivity contribution < 1.29 is 19.1 Å². The Hall–Kier alpha value is -3.58. The molecule has 7 heteroatoms. The van der Waals surface area contributed by atoms with Crippen LogP contribution in [0.5, 0.6) is 0 Å². The quantitative estimate of drug-likeness (QED) is 0.527. The minimum Gasteiger partial charge on any atom is -0.448 e. The molecule has 178 valence electrons. The highest BCUT2D eigenvalue weighted by atomic mass is 16.6. The summed E-state index contributed by atoms with van der Waals surface area (Å²) in [5.41, 5.74) is 5.54. The third-order valence-electron chi connectivity index (χ3n) is 7.45. The average Bonchev–Trinajstić information content (AvgIpc) is 3.20. The molecule has 2 unspecified atom stereocenters. The lowest BCUT2D eigenvalue weighted by atomic mass is 9.82. The number of carbonyl (C=O) groups is 2. The molecule has 1 aromatic heterocycles. The molecule has 0 spiro atoms.